The summed E-state index contributed by atoms with van der Waals surface area (Å²) in [5.41, 5.74) is 2.59. The van der Waals surface area contributed by atoms with Gasteiger partial charge in [-0.05, 0) is 31.7 Å². The Hall–Kier alpha value is -2.32. The molecule has 0 saturated carbocycles. The van der Waals surface area contributed by atoms with E-state index in [-0.39, 0.29) is 11.5 Å². The van der Waals surface area contributed by atoms with Crippen molar-refractivity contribution in [2.24, 2.45) is 13.0 Å². The van der Waals surface area contributed by atoms with E-state index in [1.165, 1.54) is 18.1 Å². The van der Waals surface area contributed by atoms with E-state index in [1.54, 1.807) is 6.20 Å². The van der Waals surface area contributed by atoms with Crippen LogP contribution in [0.15, 0.2) is 24.7 Å². The largest absolute Gasteiger partial charge is 0.372 e. The van der Waals surface area contributed by atoms with E-state index in [4.69, 9.17) is 4.74 Å². The van der Waals surface area contributed by atoms with Gasteiger partial charge in [-0.3, -0.25) is 19.4 Å². The maximum Gasteiger partial charge on any atom is 0.271 e. The van der Waals surface area contributed by atoms with Crippen LogP contribution >= 0.6 is 0 Å². The minimum absolute atomic E-state index is 0.0507. The van der Waals surface area contributed by atoms with E-state index in [2.05, 4.69) is 31.3 Å². The summed E-state index contributed by atoms with van der Waals surface area (Å²) in [5.74, 6) is 0.307. The molecule has 144 valence electrons. The molecule has 2 aliphatic rings. The number of likely N-dealkylation sites (tertiary alicyclic amines) is 1. The second-order valence-corrected chi connectivity index (χ2v) is 7.58. The highest BCUT2D eigenvalue weighted by Gasteiger charge is 2.52. The molecule has 8 nitrogen and oxygen atoms in total. The quantitative estimate of drug-likeness (QED) is 0.814. The fraction of sp³-hybridized carbons (Fsp3) is 0.579. The molecule has 2 aliphatic heterocycles. The standard InChI is InChI=1S/C19H26N6O2/c1-14-9-16(24(2)23-14)11-25-12-19(13-25)15(4-8-27-19)3-5-22-18(26)17-10-20-6-7-21-17/h6-7,9-10,15H,3-5,8,11-13H2,1-2H3,(H,22,26)/t15-/m1/s1. The van der Waals surface area contributed by atoms with Crippen molar-refractivity contribution in [1.82, 2.24) is 30.0 Å². The molecule has 1 N–H and O–H groups in total. The van der Waals surface area contributed by atoms with Gasteiger partial charge in [0.2, 0.25) is 0 Å². The molecule has 1 spiro atoms. The molecule has 1 amide bonds. The Balaban J connectivity index is 1.26. The highest BCUT2D eigenvalue weighted by molar-refractivity contribution is 5.91. The van der Waals surface area contributed by atoms with Crippen molar-refractivity contribution in [3.63, 3.8) is 0 Å². The number of rotatable bonds is 6. The van der Waals surface area contributed by atoms with Crippen LogP contribution in [0.25, 0.3) is 0 Å². The lowest BCUT2D eigenvalue weighted by Crippen LogP contribution is -2.64. The Morgan fingerprint density at radius 2 is 2.26 bits per heavy atom. The number of hydrogen-bond acceptors (Lipinski definition) is 6. The molecule has 8 heteroatoms. The fourth-order valence-corrected chi connectivity index (χ4v) is 4.27. The Kier molecular flexibility index (Phi) is 4.92. The lowest BCUT2D eigenvalue weighted by molar-refractivity contribution is -0.137. The van der Waals surface area contributed by atoms with Gasteiger partial charge in [-0.2, -0.15) is 5.10 Å². The Morgan fingerprint density at radius 3 is 2.96 bits per heavy atom. The van der Waals surface area contributed by atoms with Gasteiger partial charge in [0.05, 0.1) is 23.2 Å². The zero-order valence-corrected chi connectivity index (χ0v) is 15.9. The summed E-state index contributed by atoms with van der Waals surface area (Å²) < 4.78 is 8.09. The predicted molar refractivity (Wildman–Crippen MR) is 99.0 cm³/mol. The third-order valence-corrected chi connectivity index (χ3v) is 5.64. The number of carbonyl (C=O) groups is 1. The maximum atomic E-state index is 12.1. The number of aromatic nitrogens is 4. The molecule has 0 aromatic carbocycles. The monoisotopic (exact) mass is 370 g/mol. The van der Waals surface area contributed by atoms with Gasteiger partial charge < -0.3 is 10.1 Å². The van der Waals surface area contributed by atoms with Gasteiger partial charge in [-0.1, -0.05) is 0 Å². The molecular weight excluding hydrogens is 344 g/mol. The molecule has 0 bridgehead atoms. The van der Waals surface area contributed by atoms with E-state index < -0.39 is 0 Å². The fourth-order valence-electron chi connectivity index (χ4n) is 4.27. The SMILES string of the molecule is Cc1cc(CN2CC3(C2)OCC[C@H]3CCNC(=O)c2cnccn2)n(C)n1. The molecule has 0 radical (unpaired) electrons. The third kappa shape index (κ3) is 3.72. The van der Waals surface area contributed by atoms with Crippen LogP contribution in [0.1, 0.15) is 34.7 Å². The lowest BCUT2D eigenvalue weighted by Gasteiger charge is -2.50. The average Bonchev–Trinajstić information content (AvgIpc) is 3.18. The minimum Gasteiger partial charge on any atom is -0.372 e. The number of nitrogens with zero attached hydrogens (tertiary/aromatic N) is 5. The van der Waals surface area contributed by atoms with Crippen LogP contribution in [0.4, 0.5) is 0 Å². The molecule has 2 saturated heterocycles. The normalized spacial score (nSPS) is 21.3. The first-order chi connectivity index (χ1) is 13.1. The Bertz CT molecular complexity index is 800. The van der Waals surface area contributed by atoms with Gasteiger partial charge in [0.25, 0.3) is 5.91 Å². The van der Waals surface area contributed by atoms with Crippen molar-refractivity contribution in [3.8, 4) is 0 Å². The first-order valence-corrected chi connectivity index (χ1v) is 9.46. The van der Waals surface area contributed by atoms with Crippen LogP contribution in [0, 0.1) is 12.8 Å². The third-order valence-electron chi connectivity index (χ3n) is 5.64. The van der Waals surface area contributed by atoms with E-state index in [1.807, 2.05) is 18.7 Å². The Morgan fingerprint density at radius 1 is 1.41 bits per heavy atom. The van der Waals surface area contributed by atoms with Crippen LogP contribution in [0.3, 0.4) is 0 Å². The molecule has 2 fully saturated rings. The number of aryl methyl sites for hydroxylation is 2. The summed E-state index contributed by atoms with van der Waals surface area (Å²) in [6.45, 7) is 6.25. The van der Waals surface area contributed by atoms with Gasteiger partial charge in [-0.25, -0.2) is 4.98 Å². The summed E-state index contributed by atoms with van der Waals surface area (Å²) in [4.78, 5) is 22.5. The molecule has 2 aromatic rings. The second kappa shape index (κ2) is 7.36. The highest BCUT2D eigenvalue weighted by Crippen LogP contribution is 2.42. The summed E-state index contributed by atoms with van der Waals surface area (Å²) in [5, 5.41) is 7.37. The number of nitrogens with one attached hydrogen (secondary N) is 1. The van der Waals surface area contributed by atoms with E-state index >= 15 is 0 Å². The molecule has 0 aliphatic carbocycles. The van der Waals surface area contributed by atoms with Gasteiger partial charge in [0.1, 0.15) is 5.69 Å². The zero-order chi connectivity index (χ0) is 18.9. The summed E-state index contributed by atoms with van der Waals surface area (Å²) in [7, 11) is 1.99. The summed E-state index contributed by atoms with van der Waals surface area (Å²) >= 11 is 0. The van der Waals surface area contributed by atoms with Crippen molar-refractivity contribution in [2.75, 3.05) is 26.2 Å². The van der Waals surface area contributed by atoms with Crippen molar-refractivity contribution >= 4 is 5.91 Å². The molecule has 4 rings (SSSR count). The molecule has 1 atom stereocenters. The molecule has 2 aromatic heterocycles. The second-order valence-electron chi connectivity index (χ2n) is 7.58. The van der Waals surface area contributed by atoms with Gasteiger partial charge in [0, 0.05) is 52.2 Å². The summed E-state index contributed by atoms with van der Waals surface area (Å²) in [6.07, 6.45) is 6.55. The lowest BCUT2D eigenvalue weighted by atomic mass is 9.79. The maximum absolute atomic E-state index is 12.1. The molecule has 27 heavy (non-hydrogen) atoms. The topological polar surface area (TPSA) is 85.2 Å². The van der Waals surface area contributed by atoms with Crippen LogP contribution in [0.5, 0.6) is 0 Å². The van der Waals surface area contributed by atoms with E-state index in [0.717, 1.165) is 44.8 Å². The number of amides is 1. The minimum atomic E-state index is -0.169. The first-order valence-electron chi connectivity index (χ1n) is 9.46. The van der Waals surface area contributed by atoms with E-state index in [0.29, 0.717) is 18.2 Å². The smallest absolute Gasteiger partial charge is 0.271 e. The average molecular weight is 370 g/mol. The van der Waals surface area contributed by atoms with Crippen molar-refractivity contribution < 1.29 is 9.53 Å². The number of hydrogen-bond donors (Lipinski definition) is 1. The number of carbonyl (C=O) groups excluding carboxylic acids is 1. The molecular formula is C19H26N6O2. The van der Waals surface area contributed by atoms with Crippen molar-refractivity contribution in [1.29, 1.82) is 0 Å². The van der Waals surface area contributed by atoms with Crippen LogP contribution < -0.4 is 5.32 Å². The van der Waals surface area contributed by atoms with E-state index in [9.17, 15) is 4.79 Å². The van der Waals surface area contributed by atoms with Crippen molar-refractivity contribution in [3.05, 3.63) is 41.7 Å². The van der Waals surface area contributed by atoms with Crippen LogP contribution in [-0.4, -0.2) is 62.4 Å². The van der Waals surface area contributed by atoms with Crippen molar-refractivity contribution in [2.45, 2.75) is 31.9 Å². The van der Waals surface area contributed by atoms with Gasteiger partial charge in [0.15, 0.2) is 0 Å². The Labute approximate surface area is 158 Å². The highest BCUT2D eigenvalue weighted by atomic mass is 16.5. The van der Waals surface area contributed by atoms with Crippen LogP contribution in [0.2, 0.25) is 0 Å². The zero-order valence-electron chi connectivity index (χ0n) is 15.9. The van der Waals surface area contributed by atoms with Gasteiger partial charge >= 0.3 is 0 Å². The first kappa shape index (κ1) is 18.1. The van der Waals surface area contributed by atoms with Gasteiger partial charge in [-0.15, -0.1) is 0 Å². The molecule has 4 heterocycles. The predicted octanol–water partition coefficient (Wildman–Crippen LogP) is 0.930. The number of ether oxygens (including phenoxy) is 1. The molecule has 0 unspecified atom stereocenters. The summed E-state index contributed by atoms with van der Waals surface area (Å²) in [6, 6.07) is 2.14. The van der Waals surface area contributed by atoms with Crippen LogP contribution in [-0.2, 0) is 18.3 Å².